The van der Waals surface area contributed by atoms with Gasteiger partial charge in [0.2, 0.25) is 0 Å². The maximum atomic E-state index is 13.7. The molecular formula is C31H39N3O3. The van der Waals surface area contributed by atoms with E-state index in [0.29, 0.717) is 32.9 Å². The number of Topliss-reactive ketones (excluding diaryl/α,β-unsaturated/α-hetero) is 2. The van der Waals surface area contributed by atoms with Crippen LogP contribution in [0, 0.1) is 0 Å². The van der Waals surface area contributed by atoms with Crippen LogP contribution in [0.1, 0.15) is 86.9 Å². The van der Waals surface area contributed by atoms with Gasteiger partial charge in [-0.25, -0.2) is 0 Å². The SMILES string of the molecule is CC(C)(C(=O)c1ccc2[nH]c3ccc(C(=O)C(C)(C)N4CCCCC4)cc3c(=O)c2c1)N1CCCCC1. The monoisotopic (exact) mass is 501 g/mol. The Morgan fingerprint density at radius 1 is 0.649 bits per heavy atom. The summed E-state index contributed by atoms with van der Waals surface area (Å²) in [6.45, 7) is 11.6. The number of nitrogens with one attached hydrogen (secondary N) is 1. The van der Waals surface area contributed by atoms with Crippen LogP contribution in [0.25, 0.3) is 21.8 Å². The van der Waals surface area contributed by atoms with Crippen LogP contribution in [0.15, 0.2) is 41.2 Å². The molecule has 2 aliphatic heterocycles. The summed E-state index contributed by atoms with van der Waals surface area (Å²) in [5.41, 5.74) is 1.07. The molecule has 0 amide bonds. The highest BCUT2D eigenvalue weighted by atomic mass is 16.1. The van der Waals surface area contributed by atoms with Gasteiger partial charge in [0.25, 0.3) is 0 Å². The van der Waals surface area contributed by atoms with Gasteiger partial charge in [-0.2, -0.15) is 0 Å². The fourth-order valence-electron chi connectivity index (χ4n) is 6.15. The van der Waals surface area contributed by atoms with Crippen molar-refractivity contribution < 1.29 is 9.59 Å². The minimum atomic E-state index is -0.628. The molecule has 3 heterocycles. The van der Waals surface area contributed by atoms with Crippen LogP contribution in [0.3, 0.4) is 0 Å². The van der Waals surface area contributed by atoms with E-state index in [2.05, 4.69) is 14.8 Å². The first kappa shape index (κ1) is 25.8. The molecule has 0 radical (unpaired) electrons. The van der Waals surface area contributed by atoms with Gasteiger partial charge in [0, 0.05) is 32.9 Å². The molecule has 6 nitrogen and oxygen atoms in total. The molecule has 0 aliphatic carbocycles. The molecule has 2 aliphatic rings. The fraction of sp³-hybridized carbons (Fsp3) is 0.516. The molecule has 3 aromatic rings. The van der Waals surface area contributed by atoms with Crippen molar-refractivity contribution in [1.29, 1.82) is 0 Å². The van der Waals surface area contributed by atoms with E-state index in [4.69, 9.17) is 0 Å². The lowest BCUT2D eigenvalue weighted by atomic mass is 9.88. The van der Waals surface area contributed by atoms with Crippen molar-refractivity contribution in [3.05, 3.63) is 57.7 Å². The first-order valence-corrected chi connectivity index (χ1v) is 13.8. The van der Waals surface area contributed by atoms with Crippen molar-refractivity contribution in [3.8, 4) is 0 Å². The van der Waals surface area contributed by atoms with Crippen molar-refractivity contribution in [3.63, 3.8) is 0 Å². The molecule has 1 aromatic heterocycles. The van der Waals surface area contributed by atoms with Gasteiger partial charge in [0.15, 0.2) is 17.0 Å². The third-order valence-corrected chi connectivity index (χ3v) is 8.73. The van der Waals surface area contributed by atoms with Crippen molar-refractivity contribution >= 4 is 33.4 Å². The van der Waals surface area contributed by atoms with E-state index in [1.807, 2.05) is 52.0 Å². The van der Waals surface area contributed by atoms with E-state index in [-0.39, 0.29) is 17.0 Å². The standard InChI is InChI=1S/C31H39N3O3/c1-30(2,33-15-7-5-8-16-33)28(36)21-11-13-25-23(19-21)27(35)24-20-22(12-14-26(24)32-25)29(37)31(3,4)34-17-9-6-10-18-34/h11-14,19-20H,5-10,15-18H2,1-4H3,(H,32,35). The largest absolute Gasteiger partial charge is 0.354 e. The second-order valence-electron chi connectivity index (χ2n) is 11.8. The van der Waals surface area contributed by atoms with Gasteiger partial charge >= 0.3 is 0 Å². The highest BCUT2D eigenvalue weighted by molar-refractivity contribution is 6.07. The predicted molar refractivity (Wildman–Crippen MR) is 150 cm³/mol. The minimum absolute atomic E-state index is 0.0306. The summed E-state index contributed by atoms with van der Waals surface area (Å²) in [5.74, 6) is 0.0611. The third-order valence-electron chi connectivity index (χ3n) is 8.73. The van der Waals surface area contributed by atoms with Crippen LogP contribution >= 0.6 is 0 Å². The summed E-state index contributed by atoms with van der Waals surface area (Å²) >= 11 is 0. The Morgan fingerprint density at radius 3 is 1.41 bits per heavy atom. The molecule has 37 heavy (non-hydrogen) atoms. The number of piperidine rings is 2. The van der Waals surface area contributed by atoms with E-state index in [9.17, 15) is 14.4 Å². The van der Waals surface area contributed by atoms with Crippen LogP contribution in [0.5, 0.6) is 0 Å². The number of aromatic amines is 1. The molecule has 1 N–H and O–H groups in total. The average Bonchev–Trinajstić information content (AvgIpc) is 2.93. The van der Waals surface area contributed by atoms with E-state index in [0.717, 1.165) is 51.9 Å². The molecule has 2 aromatic carbocycles. The molecule has 0 unspecified atom stereocenters. The number of carbonyl (C=O) groups excluding carboxylic acids is 2. The number of hydrogen-bond donors (Lipinski definition) is 1. The lowest BCUT2D eigenvalue weighted by Crippen LogP contribution is -2.52. The Labute approximate surface area is 219 Å². The van der Waals surface area contributed by atoms with Gasteiger partial charge in [0.1, 0.15) is 0 Å². The van der Waals surface area contributed by atoms with E-state index >= 15 is 0 Å². The fourth-order valence-corrected chi connectivity index (χ4v) is 6.15. The van der Waals surface area contributed by atoms with Gasteiger partial charge in [-0.3, -0.25) is 24.2 Å². The van der Waals surface area contributed by atoms with Crippen molar-refractivity contribution in [2.24, 2.45) is 0 Å². The van der Waals surface area contributed by atoms with Crippen LogP contribution in [-0.2, 0) is 0 Å². The smallest absolute Gasteiger partial charge is 0.197 e. The Balaban J connectivity index is 1.52. The molecular weight excluding hydrogens is 462 g/mol. The zero-order chi connectivity index (χ0) is 26.4. The number of rotatable bonds is 6. The minimum Gasteiger partial charge on any atom is -0.354 e. The molecule has 0 spiro atoms. The molecule has 6 heteroatoms. The highest BCUT2D eigenvalue weighted by Crippen LogP contribution is 2.28. The molecule has 2 saturated heterocycles. The van der Waals surface area contributed by atoms with Crippen LogP contribution in [0.4, 0.5) is 0 Å². The number of fused-ring (bicyclic) bond motifs is 2. The molecule has 2 fully saturated rings. The summed E-state index contributed by atoms with van der Waals surface area (Å²) in [4.78, 5) is 48.7. The second kappa shape index (κ2) is 9.80. The number of pyridine rings is 1. The molecule has 5 rings (SSSR count). The molecule has 0 atom stereocenters. The summed E-state index contributed by atoms with van der Waals surface area (Å²) in [7, 11) is 0. The number of likely N-dealkylation sites (tertiary alicyclic amines) is 2. The van der Waals surface area contributed by atoms with Gasteiger partial charge < -0.3 is 4.98 Å². The number of aromatic nitrogens is 1. The zero-order valence-electron chi connectivity index (χ0n) is 22.7. The number of ketones is 2. The number of carbonyl (C=O) groups is 2. The van der Waals surface area contributed by atoms with Gasteiger partial charge in [-0.1, -0.05) is 12.8 Å². The maximum Gasteiger partial charge on any atom is 0.197 e. The van der Waals surface area contributed by atoms with Crippen LogP contribution < -0.4 is 5.43 Å². The predicted octanol–water partition coefficient (Wildman–Crippen LogP) is 5.58. The summed E-state index contributed by atoms with van der Waals surface area (Å²) in [6, 6.07) is 10.7. The van der Waals surface area contributed by atoms with E-state index in [1.54, 1.807) is 12.1 Å². The lowest BCUT2D eigenvalue weighted by molar-refractivity contribution is 0.0576. The summed E-state index contributed by atoms with van der Waals surface area (Å²) in [6.07, 6.45) is 6.84. The van der Waals surface area contributed by atoms with Gasteiger partial charge in [-0.05, 0) is 116 Å². The van der Waals surface area contributed by atoms with Gasteiger partial charge in [0.05, 0.1) is 11.1 Å². The van der Waals surface area contributed by atoms with Crippen molar-refractivity contribution in [1.82, 2.24) is 14.8 Å². The van der Waals surface area contributed by atoms with Gasteiger partial charge in [-0.15, -0.1) is 0 Å². The summed E-state index contributed by atoms with van der Waals surface area (Å²) in [5, 5.41) is 0.959. The lowest BCUT2D eigenvalue weighted by Gasteiger charge is -2.39. The Morgan fingerprint density at radius 2 is 1.03 bits per heavy atom. The zero-order valence-corrected chi connectivity index (χ0v) is 22.7. The first-order valence-electron chi connectivity index (χ1n) is 13.8. The highest BCUT2D eigenvalue weighted by Gasteiger charge is 2.37. The first-order chi connectivity index (χ1) is 17.6. The van der Waals surface area contributed by atoms with Crippen LogP contribution in [0.2, 0.25) is 0 Å². The van der Waals surface area contributed by atoms with Crippen molar-refractivity contribution in [2.75, 3.05) is 26.2 Å². The number of hydrogen-bond acceptors (Lipinski definition) is 5. The Hall–Kier alpha value is -2.83. The Kier molecular flexibility index (Phi) is 6.84. The maximum absolute atomic E-state index is 13.7. The number of nitrogens with zero attached hydrogens (tertiary/aromatic N) is 2. The molecule has 0 bridgehead atoms. The third kappa shape index (κ3) is 4.66. The van der Waals surface area contributed by atoms with Crippen LogP contribution in [-0.4, -0.2) is 63.6 Å². The summed E-state index contributed by atoms with van der Waals surface area (Å²) < 4.78 is 0. The number of H-pyrrole nitrogens is 1. The Bertz CT molecular complexity index is 1300. The average molecular weight is 502 g/mol. The second-order valence-corrected chi connectivity index (χ2v) is 11.8. The topological polar surface area (TPSA) is 73.5 Å². The number of benzene rings is 2. The van der Waals surface area contributed by atoms with E-state index < -0.39 is 11.1 Å². The normalized spacial score (nSPS) is 18.4. The molecule has 196 valence electrons. The quantitative estimate of drug-likeness (QED) is 0.353. The van der Waals surface area contributed by atoms with Crippen molar-refractivity contribution in [2.45, 2.75) is 77.3 Å². The van der Waals surface area contributed by atoms with E-state index in [1.165, 1.54) is 12.8 Å². The molecule has 0 saturated carbocycles.